The van der Waals surface area contributed by atoms with Crippen LogP contribution in [0.3, 0.4) is 0 Å². The molecule has 1 aliphatic carbocycles. The van der Waals surface area contributed by atoms with Crippen molar-refractivity contribution in [3.05, 3.63) is 86.5 Å². The van der Waals surface area contributed by atoms with E-state index in [4.69, 9.17) is 33.9 Å². The van der Waals surface area contributed by atoms with Gasteiger partial charge in [0.1, 0.15) is 12.2 Å². The van der Waals surface area contributed by atoms with Gasteiger partial charge in [0.25, 0.3) is 5.56 Å². The van der Waals surface area contributed by atoms with Gasteiger partial charge in [-0.15, -0.1) is 5.10 Å². The lowest BCUT2D eigenvalue weighted by atomic mass is 9.97. The molecule has 2 aromatic heterocycles. The van der Waals surface area contributed by atoms with Gasteiger partial charge < -0.3 is 5.73 Å². The molecule has 0 amide bonds. The molecule has 0 saturated heterocycles. The fourth-order valence-corrected chi connectivity index (χ4v) is 5.76. The van der Waals surface area contributed by atoms with Gasteiger partial charge in [-0.1, -0.05) is 23.2 Å². The number of rotatable bonds is 4. The van der Waals surface area contributed by atoms with E-state index < -0.39 is 5.82 Å². The highest BCUT2D eigenvalue weighted by Crippen LogP contribution is 2.59. The molecule has 3 aliphatic rings. The number of hydrogen-bond donors (Lipinski definition) is 1. The minimum atomic E-state index is -0.566. The Morgan fingerprint density at radius 3 is 2.78 bits per heavy atom. The van der Waals surface area contributed by atoms with E-state index in [1.54, 1.807) is 41.1 Å². The smallest absolute Gasteiger partial charge is 0.254 e. The molecule has 37 heavy (non-hydrogen) atoms. The fourth-order valence-electron chi connectivity index (χ4n) is 5.43. The number of allylic oxidation sites excluding steroid dienone is 1. The largest absolute Gasteiger partial charge is 0.397 e. The van der Waals surface area contributed by atoms with Crippen LogP contribution in [0.1, 0.15) is 36.2 Å². The van der Waals surface area contributed by atoms with Gasteiger partial charge in [-0.25, -0.2) is 9.37 Å². The number of aliphatic imine (C=N–C) groups is 1. The second kappa shape index (κ2) is 8.06. The highest BCUT2D eigenvalue weighted by atomic mass is 35.5. The summed E-state index contributed by atoms with van der Waals surface area (Å²) in [5.74, 6) is 0.532. The monoisotopic (exact) mass is 534 g/mol. The molecule has 9 nitrogen and oxygen atoms in total. The lowest BCUT2D eigenvalue weighted by Gasteiger charge is -2.19. The number of nitrogens with zero attached hydrogens (tertiary/aromatic N) is 7. The minimum Gasteiger partial charge on any atom is -0.397 e. The van der Waals surface area contributed by atoms with Gasteiger partial charge in [-0.3, -0.25) is 14.4 Å². The number of hydrogen-bond acceptors (Lipinski definition) is 7. The Kier molecular flexibility index (Phi) is 4.86. The maximum atomic E-state index is 14.8. The fraction of sp³-hybridized carbons (Fsp3) is 0.200. The van der Waals surface area contributed by atoms with E-state index in [0.29, 0.717) is 39.5 Å². The number of aromatic nitrogens is 6. The molecule has 2 N–H and O–H groups in total. The van der Waals surface area contributed by atoms with Crippen LogP contribution in [0.25, 0.3) is 22.5 Å². The van der Waals surface area contributed by atoms with Gasteiger partial charge >= 0.3 is 0 Å². The van der Waals surface area contributed by atoms with Gasteiger partial charge in [-0.2, -0.15) is 4.68 Å². The van der Waals surface area contributed by atoms with Gasteiger partial charge in [-0.05, 0) is 58.7 Å². The summed E-state index contributed by atoms with van der Waals surface area (Å²) in [6.07, 6.45) is 4.44. The Labute approximate surface area is 219 Å². The molecule has 0 radical (unpaired) electrons. The highest BCUT2D eigenvalue weighted by molar-refractivity contribution is 6.33. The normalized spacial score (nSPS) is 21.4. The molecule has 184 valence electrons. The third-order valence-electron chi connectivity index (χ3n) is 7.22. The number of anilines is 1. The van der Waals surface area contributed by atoms with Gasteiger partial charge in [0.05, 0.1) is 28.1 Å². The Balaban J connectivity index is 1.25. The molecule has 1 saturated carbocycles. The average molecular weight is 535 g/mol. The van der Waals surface area contributed by atoms with E-state index in [0.717, 1.165) is 18.0 Å². The van der Waals surface area contributed by atoms with Crippen molar-refractivity contribution in [2.24, 2.45) is 10.9 Å². The quantitative estimate of drug-likeness (QED) is 0.386. The van der Waals surface area contributed by atoms with Crippen LogP contribution in [0, 0.1) is 11.7 Å². The van der Waals surface area contributed by atoms with Crippen molar-refractivity contribution in [3.63, 3.8) is 0 Å². The Bertz CT molecular complexity index is 1730. The molecule has 1 fully saturated rings. The first-order chi connectivity index (χ1) is 17.9. The van der Waals surface area contributed by atoms with E-state index in [-0.39, 0.29) is 34.1 Å². The standard InChI is InChI=1S/C25H17Cl2FN8O/c26-12-1-4-20(35-10-31-33-34-35)16(6-12)18-8-21(37)36-24(14-7-15(14)25(36)32-18)19-5-11(9-30-19)13-2-3-17(29)22(27)23(13)28/h1-4,6,8-10,14-15,24H,5,7,29H2/t14-,15+,24-/m0/s1. The molecule has 2 aliphatic heterocycles. The minimum absolute atomic E-state index is 0.102. The summed E-state index contributed by atoms with van der Waals surface area (Å²) in [6, 6.07) is 9.73. The van der Waals surface area contributed by atoms with Crippen molar-refractivity contribution in [1.82, 2.24) is 29.8 Å². The van der Waals surface area contributed by atoms with Crippen LogP contribution in [-0.2, 0) is 0 Å². The summed E-state index contributed by atoms with van der Waals surface area (Å²) in [6.45, 7) is 0. The SMILES string of the molecule is Nc1ccc(C2=CN=C([C@@H]3[C@H]4C[C@H]4c4nc(-c5cc(Cl)ccc5-n5cnnn5)cc(=O)n43)C2)c(F)c1Cl. The summed E-state index contributed by atoms with van der Waals surface area (Å²) >= 11 is 12.3. The summed E-state index contributed by atoms with van der Waals surface area (Å²) in [4.78, 5) is 23.0. The number of fused-ring (bicyclic) bond motifs is 3. The molecular formula is C25H17Cl2FN8O. The topological polar surface area (TPSA) is 117 Å². The number of benzene rings is 2. The molecule has 4 heterocycles. The molecule has 0 spiro atoms. The van der Waals surface area contributed by atoms with E-state index >= 15 is 0 Å². The third-order valence-corrected chi connectivity index (χ3v) is 7.84. The first kappa shape index (κ1) is 22.3. The van der Waals surface area contributed by atoms with E-state index in [9.17, 15) is 9.18 Å². The summed E-state index contributed by atoms with van der Waals surface area (Å²) in [7, 11) is 0. The number of nitrogens with two attached hydrogens (primary N) is 1. The predicted octanol–water partition coefficient (Wildman–Crippen LogP) is 4.46. The molecule has 4 aromatic rings. The Morgan fingerprint density at radius 2 is 1.97 bits per heavy atom. The lowest BCUT2D eigenvalue weighted by molar-refractivity contribution is 0.576. The number of nitrogen functional groups attached to an aromatic ring is 1. The molecule has 2 aromatic carbocycles. The Hall–Kier alpha value is -3.89. The van der Waals surface area contributed by atoms with E-state index in [1.807, 2.05) is 0 Å². The first-order valence-electron chi connectivity index (χ1n) is 11.6. The third kappa shape index (κ3) is 3.43. The van der Waals surface area contributed by atoms with Crippen LogP contribution in [-0.4, -0.2) is 35.5 Å². The summed E-state index contributed by atoms with van der Waals surface area (Å²) in [5.41, 5.74) is 9.40. The Morgan fingerprint density at radius 1 is 1.11 bits per heavy atom. The second-order valence-electron chi connectivity index (χ2n) is 9.36. The maximum absolute atomic E-state index is 14.8. The zero-order chi connectivity index (χ0) is 25.4. The van der Waals surface area contributed by atoms with Crippen LogP contribution in [0.5, 0.6) is 0 Å². The van der Waals surface area contributed by atoms with Crippen LogP contribution >= 0.6 is 23.2 Å². The van der Waals surface area contributed by atoms with Crippen LogP contribution in [0.4, 0.5) is 10.1 Å². The van der Waals surface area contributed by atoms with Gasteiger partial charge in [0.2, 0.25) is 0 Å². The second-order valence-corrected chi connectivity index (χ2v) is 10.2. The van der Waals surface area contributed by atoms with Crippen LogP contribution < -0.4 is 11.3 Å². The zero-order valence-corrected chi connectivity index (χ0v) is 20.5. The number of halogens is 3. The average Bonchev–Trinajstić information content (AvgIpc) is 3.23. The van der Waals surface area contributed by atoms with Crippen molar-refractivity contribution >= 4 is 40.2 Å². The molecular weight excluding hydrogens is 518 g/mol. The van der Waals surface area contributed by atoms with Gasteiger partial charge in [0, 0.05) is 46.5 Å². The first-order valence-corrected chi connectivity index (χ1v) is 12.3. The van der Waals surface area contributed by atoms with Crippen molar-refractivity contribution in [2.45, 2.75) is 24.8 Å². The maximum Gasteiger partial charge on any atom is 0.254 e. The molecule has 0 bridgehead atoms. The highest BCUT2D eigenvalue weighted by Gasteiger charge is 2.55. The van der Waals surface area contributed by atoms with E-state index in [1.165, 1.54) is 17.1 Å². The predicted molar refractivity (Wildman–Crippen MR) is 137 cm³/mol. The zero-order valence-electron chi connectivity index (χ0n) is 19.0. The van der Waals surface area contributed by atoms with Crippen LogP contribution in [0.15, 0.2) is 58.7 Å². The number of tetrazole rings is 1. The van der Waals surface area contributed by atoms with Crippen molar-refractivity contribution in [1.29, 1.82) is 0 Å². The van der Waals surface area contributed by atoms with E-state index in [2.05, 4.69) is 20.5 Å². The molecule has 3 atom stereocenters. The van der Waals surface area contributed by atoms with Crippen molar-refractivity contribution in [2.75, 3.05) is 5.73 Å². The van der Waals surface area contributed by atoms with Crippen LogP contribution in [0.2, 0.25) is 10.0 Å². The molecule has 7 rings (SSSR count). The molecule has 12 heteroatoms. The summed E-state index contributed by atoms with van der Waals surface area (Å²) in [5, 5.41) is 11.8. The molecule has 0 unspecified atom stereocenters. The van der Waals surface area contributed by atoms with Crippen molar-refractivity contribution < 1.29 is 4.39 Å². The van der Waals surface area contributed by atoms with Gasteiger partial charge in [0.15, 0.2) is 5.82 Å². The van der Waals surface area contributed by atoms with Crippen molar-refractivity contribution in [3.8, 4) is 16.9 Å². The lowest BCUT2D eigenvalue weighted by Crippen LogP contribution is -2.30. The summed E-state index contributed by atoms with van der Waals surface area (Å²) < 4.78 is 18.0.